The number of hydrogen-bond donors (Lipinski definition) is 1. The van der Waals surface area contributed by atoms with Crippen molar-refractivity contribution in [2.45, 2.75) is 13.0 Å². The van der Waals surface area contributed by atoms with Crippen LogP contribution >= 0.6 is 11.3 Å². The lowest BCUT2D eigenvalue weighted by Gasteiger charge is -2.20. The van der Waals surface area contributed by atoms with Crippen LogP contribution in [0.25, 0.3) is 0 Å². The third-order valence-corrected chi connectivity index (χ3v) is 3.81. The van der Waals surface area contributed by atoms with E-state index in [0.29, 0.717) is 9.75 Å². The van der Waals surface area contributed by atoms with Gasteiger partial charge in [-0.05, 0) is 19.1 Å². The van der Waals surface area contributed by atoms with Gasteiger partial charge in [-0.1, -0.05) is 12.2 Å². The summed E-state index contributed by atoms with van der Waals surface area (Å²) < 4.78 is 0. The average Bonchev–Trinajstić information content (AvgIpc) is 2.97. The third kappa shape index (κ3) is 2.19. The van der Waals surface area contributed by atoms with Crippen LogP contribution in [0.15, 0.2) is 24.3 Å². The van der Waals surface area contributed by atoms with Crippen molar-refractivity contribution < 1.29 is 19.5 Å². The van der Waals surface area contributed by atoms with Gasteiger partial charge in [-0.25, -0.2) is 4.79 Å². The number of aliphatic carboxylic acids is 1. The molecule has 0 saturated carbocycles. The second-order valence-corrected chi connectivity index (χ2v) is 4.97. The normalized spacial score (nSPS) is 18.1. The molecule has 0 saturated heterocycles. The van der Waals surface area contributed by atoms with E-state index in [0.717, 1.165) is 11.3 Å². The van der Waals surface area contributed by atoms with E-state index in [1.54, 1.807) is 18.2 Å². The largest absolute Gasteiger partial charge is 0.479 e. The molecule has 0 unspecified atom stereocenters. The molecule has 1 N–H and O–H groups in total. The minimum Gasteiger partial charge on any atom is -0.479 e. The summed E-state index contributed by atoms with van der Waals surface area (Å²) in [4.78, 5) is 36.4. The average molecular weight is 265 g/mol. The van der Waals surface area contributed by atoms with Crippen LogP contribution in [0.4, 0.5) is 0 Å². The summed E-state index contributed by atoms with van der Waals surface area (Å²) in [5, 5.41) is 8.98. The number of amides is 1. The van der Waals surface area contributed by atoms with Crippen molar-refractivity contribution in [3.05, 3.63) is 34.0 Å². The molecule has 1 amide bonds. The maximum Gasteiger partial charge on any atom is 0.330 e. The zero-order valence-electron chi connectivity index (χ0n) is 9.62. The van der Waals surface area contributed by atoms with Gasteiger partial charge in [0.1, 0.15) is 6.04 Å². The minimum atomic E-state index is -1.06. The number of rotatable bonds is 3. The predicted molar refractivity (Wildman–Crippen MR) is 65.9 cm³/mol. The number of thiophene rings is 1. The summed E-state index contributed by atoms with van der Waals surface area (Å²) in [5.74, 6) is -1.52. The third-order valence-electron chi connectivity index (χ3n) is 2.63. The molecule has 94 valence electrons. The van der Waals surface area contributed by atoms with Gasteiger partial charge in [0.15, 0.2) is 5.78 Å². The van der Waals surface area contributed by atoms with Gasteiger partial charge in [-0.2, -0.15) is 0 Å². The van der Waals surface area contributed by atoms with E-state index in [-0.39, 0.29) is 18.2 Å². The molecule has 1 atom stereocenters. The van der Waals surface area contributed by atoms with Crippen LogP contribution in [0.5, 0.6) is 0 Å². The highest BCUT2D eigenvalue weighted by atomic mass is 32.1. The number of carboxylic acids is 1. The molecule has 1 aromatic heterocycles. The summed E-state index contributed by atoms with van der Waals surface area (Å²) in [6.45, 7) is 1.71. The Morgan fingerprint density at radius 1 is 1.33 bits per heavy atom. The summed E-state index contributed by atoms with van der Waals surface area (Å²) in [6, 6.07) is 2.22. The highest BCUT2D eigenvalue weighted by molar-refractivity contribution is 7.15. The smallest absolute Gasteiger partial charge is 0.330 e. The van der Waals surface area contributed by atoms with Gasteiger partial charge >= 0.3 is 5.97 Å². The zero-order valence-corrected chi connectivity index (χ0v) is 10.4. The lowest BCUT2D eigenvalue weighted by molar-refractivity contribution is -0.140. The van der Waals surface area contributed by atoms with Crippen LogP contribution in [0.2, 0.25) is 0 Å². The number of hydrogen-bond acceptors (Lipinski definition) is 4. The maximum absolute atomic E-state index is 12.1. The maximum atomic E-state index is 12.1. The number of Topliss-reactive ketones (excluding diaryl/α,β-unsaturated/α-hetero) is 1. The van der Waals surface area contributed by atoms with Crippen molar-refractivity contribution in [3.63, 3.8) is 0 Å². The topological polar surface area (TPSA) is 74.7 Å². The molecule has 0 fully saturated rings. The predicted octanol–water partition coefficient (Wildman–Crippen LogP) is 1.42. The molecule has 2 rings (SSSR count). The Bertz CT molecular complexity index is 546. The quantitative estimate of drug-likeness (QED) is 0.662. The molecule has 0 spiro atoms. The van der Waals surface area contributed by atoms with Crippen molar-refractivity contribution >= 4 is 29.0 Å². The number of carbonyl (C=O) groups excluding carboxylic acids is 2. The molecule has 1 aliphatic heterocycles. The Hall–Kier alpha value is -1.95. The van der Waals surface area contributed by atoms with Crippen LogP contribution in [0.1, 0.15) is 26.3 Å². The molecule has 1 aliphatic rings. The van der Waals surface area contributed by atoms with E-state index in [2.05, 4.69) is 0 Å². The summed E-state index contributed by atoms with van der Waals surface area (Å²) in [6.07, 6.45) is 3.13. The van der Waals surface area contributed by atoms with Crippen LogP contribution in [-0.4, -0.2) is 40.3 Å². The number of nitrogens with zero attached hydrogens (tertiary/aromatic N) is 1. The highest BCUT2D eigenvalue weighted by Gasteiger charge is 2.31. The van der Waals surface area contributed by atoms with Crippen molar-refractivity contribution in [1.82, 2.24) is 4.90 Å². The molecule has 1 aromatic rings. The van der Waals surface area contributed by atoms with Crippen LogP contribution in [0, 0.1) is 0 Å². The molecule has 5 nitrogen and oxygen atoms in total. The lowest BCUT2D eigenvalue weighted by Crippen LogP contribution is -2.40. The molecule has 0 bridgehead atoms. The molecule has 6 heteroatoms. The molecule has 0 aliphatic carbocycles. The monoisotopic (exact) mass is 265 g/mol. The van der Waals surface area contributed by atoms with E-state index in [9.17, 15) is 14.4 Å². The van der Waals surface area contributed by atoms with Gasteiger partial charge < -0.3 is 10.0 Å². The first-order chi connectivity index (χ1) is 8.50. The van der Waals surface area contributed by atoms with Gasteiger partial charge in [-0.3, -0.25) is 9.59 Å². The molecular formula is C12H11NO4S. The molecule has 2 heterocycles. The van der Waals surface area contributed by atoms with Crippen LogP contribution in [-0.2, 0) is 4.79 Å². The fourth-order valence-corrected chi connectivity index (χ4v) is 2.59. The summed E-state index contributed by atoms with van der Waals surface area (Å²) in [5.41, 5.74) is 0. The fraction of sp³-hybridized carbons (Fsp3) is 0.250. The van der Waals surface area contributed by atoms with Crippen molar-refractivity contribution in [3.8, 4) is 0 Å². The Labute approximate surface area is 107 Å². The Balaban J connectivity index is 2.21. The Kier molecular flexibility index (Phi) is 3.29. The van der Waals surface area contributed by atoms with Crippen molar-refractivity contribution in [1.29, 1.82) is 0 Å². The van der Waals surface area contributed by atoms with E-state index in [1.807, 2.05) is 0 Å². The standard InChI is InChI=1S/C12H11NO4S/c1-7(14)9-4-5-10(18-9)11(15)13-6-2-3-8(13)12(16)17/h2-5,8H,6H2,1H3,(H,16,17)/t8-/m1/s1. The molecule has 18 heavy (non-hydrogen) atoms. The first-order valence-corrected chi connectivity index (χ1v) is 6.13. The molecular weight excluding hydrogens is 254 g/mol. The SMILES string of the molecule is CC(=O)c1ccc(C(=O)N2CC=C[C@@H]2C(=O)O)s1. The first kappa shape index (κ1) is 12.5. The van der Waals surface area contributed by atoms with E-state index in [1.165, 1.54) is 17.9 Å². The van der Waals surface area contributed by atoms with Crippen molar-refractivity contribution in [2.24, 2.45) is 0 Å². The molecule has 0 radical (unpaired) electrons. The highest BCUT2D eigenvalue weighted by Crippen LogP contribution is 2.21. The lowest BCUT2D eigenvalue weighted by atomic mass is 10.2. The van der Waals surface area contributed by atoms with Gasteiger partial charge in [0.2, 0.25) is 0 Å². The van der Waals surface area contributed by atoms with E-state index in [4.69, 9.17) is 5.11 Å². The van der Waals surface area contributed by atoms with Crippen molar-refractivity contribution in [2.75, 3.05) is 6.54 Å². The Morgan fingerprint density at radius 2 is 2.00 bits per heavy atom. The zero-order chi connectivity index (χ0) is 13.3. The van der Waals surface area contributed by atoms with E-state index >= 15 is 0 Å². The first-order valence-electron chi connectivity index (χ1n) is 5.32. The van der Waals surface area contributed by atoms with E-state index < -0.39 is 12.0 Å². The Morgan fingerprint density at radius 3 is 2.56 bits per heavy atom. The fourth-order valence-electron chi connectivity index (χ4n) is 1.73. The number of carboxylic acid groups (broad SMARTS) is 1. The van der Waals surface area contributed by atoms with Gasteiger partial charge in [0.25, 0.3) is 5.91 Å². The van der Waals surface area contributed by atoms with Crippen LogP contribution < -0.4 is 0 Å². The second-order valence-electron chi connectivity index (χ2n) is 3.89. The van der Waals surface area contributed by atoms with Gasteiger partial charge in [0.05, 0.1) is 9.75 Å². The van der Waals surface area contributed by atoms with Gasteiger partial charge in [0, 0.05) is 6.54 Å². The second kappa shape index (κ2) is 4.73. The van der Waals surface area contributed by atoms with Crippen LogP contribution in [0.3, 0.4) is 0 Å². The summed E-state index contributed by atoms with van der Waals surface area (Å²) in [7, 11) is 0. The number of ketones is 1. The molecule has 0 aromatic carbocycles. The minimum absolute atomic E-state index is 0.103. The number of carbonyl (C=O) groups is 3. The summed E-state index contributed by atoms with van der Waals surface area (Å²) >= 11 is 1.09. The van der Waals surface area contributed by atoms with Gasteiger partial charge in [-0.15, -0.1) is 11.3 Å².